The Morgan fingerprint density at radius 2 is 1.87 bits per heavy atom. The van der Waals surface area contributed by atoms with E-state index in [0.717, 1.165) is 19.4 Å². The Labute approximate surface area is 89.3 Å². The van der Waals surface area contributed by atoms with Gasteiger partial charge in [-0.3, -0.25) is 4.79 Å². The van der Waals surface area contributed by atoms with Crippen LogP contribution in [0.3, 0.4) is 0 Å². The highest BCUT2D eigenvalue weighted by atomic mass is 16.5. The van der Waals surface area contributed by atoms with Crippen molar-refractivity contribution in [2.45, 2.75) is 12.8 Å². The van der Waals surface area contributed by atoms with Crippen LogP contribution >= 0.6 is 0 Å². The minimum Gasteiger partial charge on any atom is -0.462 e. The second-order valence-electron chi connectivity index (χ2n) is 3.68. The van der Waals surface area contributed by atoms with Crippen molar-refractivity contribution < 1.29 is 19.1 Å². The zero-order valence-corrected chi connectivity index (χ0v) is 9.19. The topological polar surface area (TPSA) is 55.8 Å². The first kappa shape index (κ1) is 12.0. The summed E-state index contributed by atoms with van der Waals surface area (Å²) in [4.78, 5) is 23.9. The first-order chi connectivity index (χ1) is 7.19. The van der Waals surface area contributed by atoms with Gasteiger partial charge >= 0.3 is 11.9 Å². The Kier molecular flexibility index (Phi) is 4.55. The van der Waals surface area contributed by atoms with Gasteiger partial charge < -0.3 is 14.4 Å². The van der Waals surface area contributed by atoms with Crippen molar-refractivity contribution in [2.75, 3.05) is 33.9 Å². The lowest BCUT2D eigenvalue weighted by atomic mass is 9.98. The Morgan fingerprint density at radius 3 is 2.33 bits per heavy atom. The minimum atomic E-state index is -0.778. The van der Waals surface area contributed by atoms with Gasteiger partial charge in [0.1, 0.15) is 0 Å². The van der Waals surface area contributed by atoms with Crippen LogP contribution in [0.1, 0.15) is 12.8 Å². The number of esters is 1. The van der Waals surface area contributed by atoms with Crippen molar-refractivity contribution in [3.63, 3.8) is 0 Å². The van der Waals surface area contributed by atoms with E-state index in [2.05, 4.69) is 4.74 Å². The number of carbonyl (C=O) groups is 2. The smallest absolute Gasteiger partial charge is 0.396 e. The summed E-state index contributed by atoms with van der Waals surface area (Å²) in [5.74, 6) is -0.815. The number of rotatable bonds is 2. The molecule has 5 heteroatoms. The molecular weight excluding hydrogens is 198 g/mol. The van der Waals surface area contributed by atoms with E-state index in [1.54, 1.807) is 7.11 Å². The molecule has 1 heterocycles. The van der Waals surface area contributed by atoms with Crippen LogP contribution in [0, 0.1) is 5.92 Å². The van der Waals surface area contributed by atoms with Crippen LogP contribution in [0.15, 0.2) is 0 Å². The van der Waals surface area contributed by atoms with Crippen LogP contribution in [0.25, 0.3) is 0 Å². The molecule has 1 aliphatic heterocycles. The van der Waals surface area contributed by atoms with Crippen molar-refractivity contribution in [3.8, 4) is 0 Å². The average molecular weight is 215 g/mol. The van der Waals surface area contributed by atoms with E-state index in [1.165, 1.54) is 12.0 Å². The third-order valence-corrected chi connectivity index (χ3v) is 2.66. The van der Waals surface area contributed by atoms with Crippen LogP contribution in [0.2, 0.25) is 0 Å². The molecule has 0 aromatic heterocycles. The zero-order chi connectivity index (χ0) is 11.3. The first-order valence-electron chi connectivity index (χ1n) is 5.05. The molecule has 1 aliphatic rings. The summed E-state index contributed by atoms with van der Waals surface area (Å²) in [7, 11) is 2.89. The van der Waals surface area contributed by atoms with Crippen LogP contribution in [0.4, 0.5) is 0 Å². The third-order valence-electron chi connectivity index (χ3n) is 2.66. The van der Waals surface area contributed by atoms with E-state index >= 15 is 0 Å². The van der Waals surface area contributed by atoms with Gasteiger partial charge in [-0.15, -0.1) is 0 Å². The van der Waals surface area contributed by atoms with E-state index in [1.807, 2.05) is 0 Å². The van der Waals surface area contributed by atoms with Gasteiger partial charge in [0.2, 0.25) is 0 Å². The van der Waals surface area contributed by atoms with Gasteiger partial charge in [-0.25, -0.2) is 4.79 Å². The number of hydrogen-bond donors (Lipinski definition) is 0. The third kappa shape index (κ3) is 3.20. The Hall–Kier alpha value is -1.10. The predicted octanol–water partition coefficient (Wildman–Crippen LogP) is 0.0444. The molecule has 0 aromatic carbocycles. The van der Waals surface area contributed by atoms with Crippen LogP contribution < -0.4 is 0 Å². The summed E-state index contributed by atoms with van der Waals surface area (Å²) < 4.78 is 9.44. The number of amides is 1. The number of likely N-dealkylation sites (tertiary alicyclic amines) is 1. The number of hydrogen-bond acceptors (Lipinski definition) is 4. The molecule has 1 fully saturated rings. The van der Waals surface area contributed by atoms with Crippen molar-refractivity contribution in [3.05, 3.63) is 0 Å². The highest BCUT2D eigenvalue weighted by Gasteiger charge is 2.27. The fourth-order valence-corrected chi connectivity index (χ4v) is 1.75. The summed E-state index contributed by atoms with van der Waals surface area (Å²) >= 11 is 0. The van der Waals surface area contributed by atoms with Crippen LogP contribution in [0.5, 0.6) is 0 Å². The summed E-state index contributed by atoms with van der Waals surface area (Å²) in [5, 5.41) is 0. The number of ether oxygens (including phenoxy) is 2. The molecule has 0 radical (unpaired) electrons. The normalized spacial score (nSPS) is 17.6. The molecule has 15 heavy (non-hydrogen) atoms. The van der Waals surface area contributed by atoms with Crippen LogP contribution in [-0.2, 0) is 19.1 Å². The lowest BCUT2D eigenvalue weighted by Crippen LogP contribution is -2.43. The quantitative estimate of drug-likeness (QED) is 0.482. The molecule has 86 valence electrons. The van der Waals surface area contributed by atoms with Crippen molar-refractivity contribution in [1.82, 2.24) is 4.90 Å². The highest BCUT2D eigenvalue weighted by Crippen LogP contribution is 2.17. The predicted molar refractivity (Wildman–Crippen MR) is 53.2 cm³/mol. The van der Waals surface area contributed by atoms with Gasteiger partial charge in [-0.1, -0.05) is 0 Å². The van der Waals surface area contributed by atoms with E-state index < -0.39 is 11.9 Å². The van der Waals surface area contributed by atoms with Gasteiger partial charge in [0, 0.05) is 26.8 Å². The number of piperidine rings is 1. The second-order valence-corrected chi connectivity index (χ2v) is 3.68. The first-order valence-corrected chi connectivity index (χ1v) is 5.05. The molecular formula is C10H17NO4. The average Bonchev–Trinajstić information content (AvgIpc) is 2.28. The molecule has 0 aromatic rings. The molecule has 0 bridgehead atoms. The van der Waals surface area contributed by atoms with Gasteiger partial charge in [0.05, 0.1) is 7.11 Å². The van der Waals surface area contributed by atoms with E-state index in [-0.39, 0.29) is 0 Å². The summed E-state index contributed by atoms with van der Waals surface area (Å²) in [6.45, 7) is 1.95. The standard InChI is InChI=1S/C10H17NO4/c1-14-7-8-3-5-11(6-4-8)9(12)10(13)15-2/h8H,3-7H2,1-2H3. The molecule has 1 saturated heterocycles. The number of nitrogens with zero attached hydrogens (tertiary/aromatic N) is 1. The fourth-order valence-electron chi connectivity index (χ4n) is 1.75. The molecule has 0 spiro atoms. The van der Waals surface area contributed by atoms with Gasteiger partial charge in [-0.2, -0.15) is 0 Å². The summed E-state index contributed by atoms with van der Waals surface area (Å²) in [6.07, 6.45) is 1.77. The highest BCUT2D eigenvalue weighted by molar-refractivity contribution is 6.32. The maximum Gasteiger partial charge on any atom is 0.396 e. The van der Waals surface area contributed by atoms with Crippen LogP contribution in [-0.4, -0.2) is 50.7 Å². The Morgan fingerprint density at radius 1 is 1.27 bits per heavy atom. The molecule has 0 N–H and O–H groups in total. The SMILES string of the molecule is COCC1CCN(C(=O)C(=O)OC)CC1. The lowest BCUT2D eigenvalue weighted by Gasteiger charge is -2.30. The summed E-state index contributed by atoms with van der Waals surface area (Å²) in [6, 6.07) is 0. The molecule has 5 nitrogen and oxygen atoms in total. The van der Waals surface area contributed by atoms with Crippen molar-refractivity contribution in [1.29, 1.82) is 0 Å². The van der Waals surface area contributed by atoms with E-state index in [4.69, 9.17) is 4.74 Å². The largest absolute Gasteiger partial charge is 0.462 e. The van der Waals surface area contributed by atoms with Crippen molar-refractivity contribution in [2.24, 2.45) is 5.92 Å². The monoisotopic (exact) mass is 215 g/mol. The zero-order valence-electron chi connectivity index (χ0n) is 9.19. The fraction of sp³-hybridized carbons (Fsp3) is 0.800. The second kappa shape index (κ2) is 5.70. The van der Waals surface area contributed by atoms with Gasteiger partial charge in [0.25, 0.3) is 0 Å². The molecule has 0 atom stereocenters. The van der Waals surface area contributed by atoms with Gasteiger partial charge in [0.15, 0.2) is 0 Å². The van der Waals surface area contributed by atoms with Crippen molar-refractivity contribution >= 4 is 11.9 Å². The van der Waals surface area contributed by atoms with Gasteiger partial charge in [-0.05, 0) is 18.8 Å². The summed E-state index contributed by atoms with van der Waals surface area (Å²) in [5.41, 5.74) is 0. The molecule has 1 amide bonds. The maximum atomic E-state index is 11.4. The number of carbonyl (C=O) groups excluding carboxylic acids is 2. The molecule has 1 rings (SSSR count). The molecule has 0 saturated carbocycles. The molecule has 0 aliphatic carbocycles. The lowest BCUT2D eigenvalue weighted by molar-refractivity contribution is -0.159. The Bertz CT molecular complexity index is 234. The minimum absolute atomic E-state index is 0.497. The van der Waals surface area contributed by atoms with E-state index in [9.17, 15) is 9.59 Å². The van der Waals surface area contributed by atoms with E-state index in [0.29, 0.717) is 19.0 Å². The maximum absolute atomic E-state index is 11.4. The number of methoxy groups -OCH3 is 2. The Balaban J connectivity index is 2.37. The molecule has 0 unspecified atom stereocenters.